The van der Waals surface area contributed by atoms with Gasteiger partial charge in [0.15, 0.2) is 11.6 Å². The van der Waals surface area contributed by atoms with Crippen LogP contribution in [0.15, 0.2) is 114 Å². The summed E-state index contributed by atoms with van der Waals surface area (Å²) >= 11 is 0. The van der Waals surface area contributed by atoms with Gasteiger partial charge in [-0.2, -0.15) is 0 Å². The zero-order valence-electron chi connectivity index (χ0n) is 24.0. The van der Waals surface area contributed by atoms with E-state index < -0.39 is 23.8 Å². The smallest absolute Gasteiger partial charge is 0.412 e. The lowest BCUT2D eigenvalue weighted by Crippen LogP contribution is -2.42. The van der Waals surface area contributed by atoms with Crippen LogP contribution in [0.5, 0.6) is 0 Å². The number of rotatable bonds is 6. The van der Waals surface area contributed by atoms with Crippen molar-refractivity contribution in [1.82, 2.24) is 4.90 Å². The molecule has 1 N–H and O–H groups in total. The van der Waals surface area contributed by atoms with Crippen molar-refractivity contribution in [2.24, 2.45) is 0 Å². The fourth-order valence-electron chi connectivity index (χ4n) is 5.62. The minimum absolute atomic E-state index is 0.115. The van der Waals surface area contributed by atoms with Gasteiger partial charge < -0.3 is 9.64 Å². The van der Waals surface area contributed by atoms with Crippen molar-refractivity contribution in [3.05, 3.63) is 131 Å². The van der Waals surface area contributed by atoms with E-state index in [0.29, 0.717) is 28.0 Å². The molecule has 0 spiro atoms. The van der Waals surface area contributed by atoms with Crippen LogP contribution in [-0.2, 0) is 4.74 Å². The van der Waals surface area contributed by atoms with Crippen molar-refractivity contribution in [2.75, 3.05) is 5.32 Å². The molecule has 2 heterocycles. The van der Waals surface area contributed by atoms with Crippen LogP contribution in [0.4, 0.5) is 10.5 Å². The summed E-state index contributed by atoms with van der Waals surface area (Å²) in [6.07, 6.45) is 3.37. The zero-order valence-corrected chi connectivity index (χ0v) is 24.0. The molecule has 6 heteroatoms. The van der Waals surface area contributed by atoms with E-state index in [0.717, 1.165) is 16.7 Å². The monoisotopic (exact) mass is 546 g/mol. The molecule has 0 bridgehead atoms. The van der Waals surface area contributed by atoms with E-state index in [1.165, 1.54) is 0 Å². The number of para-hydroxylation sites is 1. The van der Waals surface area contributed by atoms with Gasteiger partial charge in [0, 0.05) is 22.9 Å². The summed E-state index contributed by atoms with van der Waals surface area (Å²) in [4.78, 5) is 43.6. The van der Waals surface area contributed by atoms with E-state index in [1.54, 1.807) is 57.2 Å². The maximum atomic E-state index is 14.7. The standard InChI is InChI=1S/C35H34N2O4/c1-22-20-23(2)30-29(32(38)25-16-10-7-11-17-25)28(24-14-8-6-9-15-24)31(37(30)21-22)33(39)26-18-12-13-19-27(26)36-34(40)41-35(3,4)5/h6-21,30-31H,1-5H3,(H,36,40). The van der Waals surface area contributed by atoms with Crippen molar-refractivity contribution < 1.29 is 19.1 Å². The largest absolute Gasteiger partial charge is 0.444 e. The molecule has 0 aromatic heterocycles. The molecular formula is C35H34N2O4. The van der Waals surface area contributed by atoms with Gasteiger partial charge in [0.2, 0.25) is 0 Å². The van der Waals surface area contributed by atoms with Crippen molar-refractivity contribution >= 4 is 28.9 Å². The Morgan fingerprint density at radius 3 is 2.10 bits per heavy atom. The summed E-state index contributed by atoms with van der Waals surface area (Å²) in [5.74, 6) is -0.342. The molecule has 6 nitrogen and oxygen atoms in total. The van der Waals surface area contributed by atoms with E-state index in [-0.39, 0.29) is 11.6 Å². The number of benzene rings is 3. The molecule has 2 unspecified atom stereocenters. The molecule has 1 amide bonds. The van der Waals surface area contributed by atoms with E-state index in [9.17, 15) is 14.4 Å². The Labute approximate surface area is 241 Å². The number of amides is 1. The predicted octanol–water partition coefficient (Wildman–Crippen LogP) is 7.47. The van der Waals surface area contributed by atoms with Crippen LogP contribution in [0.3, 0.4) is 0 Å². The highest BCUT2D eigenvalue weighted by Gasteiger charge is 2.48. The van der Waals surface area contributed by atoms with Crippen LogP contribution in [-0.4, -0.2) is 40.2 Å². The second kappa shape index (κ2) is 11.0. The Morgan fingerprint density at radius 2 is 1.44 bits per heavy atom. The maximum Gasteiger partial charge on any atom is 0.412 e. The van der Waals surface area contributed by atoms with Gasteiger partial charge in [0.05, 0.1) is 11.7 Å². The third-order valence-corrected chi connectivity index (χ3v) is 7.11. The number of ether oxygens (including phenoxy) is 1. The molecule has 0 aliphatic carbocycles. The molecule has 2 aliphatic heterocycles. The zero-order chi connectivity index (χ0) is 29.3. The lowest BCUT2D eigenvalue weighted by Gasteiger charge is -2.34. The lowest BCUT2D eigenvalue weighted by molar-refractivity contribution is 0.0635. The van der Waals surface area contributed by atoms with Crippen LogP contribution in [0.25, 0.3) is 5.57 Å². The highest BCUT2D eigenvalue weighted by Crippen LogP contribution is 2.45. The third kappa shape index (κ3) is 5.64. The maximum absolute atomic E-state index is 14.7. The second-order valence-electron chi connectivity index (χ2n) is 11.4. The van der Waals surface area contributed by atoms with Gasteiger partial charge in [-0.1, -0.05) is 78.9 Å². The molecule has 208 valence electrons. The van der Waals surface area contributed by atoms with E-state index in [1.807, 2.05) is 73.5 Å². The normalized spacial score (nSPS) is 18.3. The van der Waals surface area contributed by atoms with E-state index in [4.69, 9.17) is 4.74 Å². The van der Waals surface area contributed by atoms with Gasteiger partial charge in [-0.3, -0.25) is 14.9 Å². The van der Waals surface area contributed by atoms with Gasteiger partial charge in [0.1, 0.15) is 11.6 Å². The average molecular weight is 547 g/mol. The number of fused-ring (bicyclic) bond motifs is 1. The summed E-state index contributed by atoms with van der Waals surface area (Å²) in [6.45, 7) is 9.33. The fraction of sp³-hybridized carbons (Fsp3) is 0.229. The first-order chi connectivity index (χ1) is 19.5. The molecule has 3 aromatic rings. The summed E-state index contributed by atoms with van der Waals surface area (Å²) in [7, 11) is 0. The minimum atomic E-state index is -0.801. The number of nitrogens with one attached hydrogen (secondary N) is 1. The van der Waals surface area contributed by atoms with Gasteiger partial charge in [0.25, 0.3) is 0 Å². The van der Waals surface area contributed by atoms with E-state index in [2.05, 4.69) is 11.4 Å². The first-order valence-electron chi connectivity index (χ1n) is 13.7. The van der Waals surface area contributed by atoms with Crippen molar-refractivity contribution in [2.45, 2.75) is 52.3 Å². The Bertz CT molecular complexity index is 1590. The quantitative estimate of drug-likeness (QED) is 0.325. The topological polar surface area (TPSA) is 75.7 Å². The van der Waals surface area contributed by atoms with Gasteiger partial charge in [-0.25, -0.2) is 4.79 Å². The molecular weight excluding hydrogens is 512 g/mol. The van der Waals surface area contributed by atoms with Crippen LogP contribution < -0.4 is 5.32 Å². The molecule has 2 aliphatic rings. The fourth-order valence-corrected chi connectivity index (χ4v) is 5.62. The molecule has 0 saturated heterocycles. The predicted molar refractivity (Wildman–Crippen MR) is 162 cm³/mol. The van der Waals surface area contributed by atoms with Crippen LogP contribution in [0.1, 0.15) is 60.9 Å². The third-order valence-electron chi connectivity index (χ3n) is 7.11. The number of carbonyl (C=O) groups is 3. The number of anilines is 1. The highest BCUT2D eigenvalue weighted by atomic mass is 16.6. The number of ketones is 2. The van der Waals surface area contributed by atoms with Crippen molar-refractivity contribution in [1.29, 1.82) is 0 Å². The number of Topliss-reactive ketones (excluding diaryl/α,β-unsaturated/α-hetero) is 2. The number of nitrogens with zero attached hydrogens (tertiary/aromatic N) is 1. The van der Waals surface area contributed by atoms with Gasteiger partial charge in [-0.15, -0.1) is 0 Å². The Kier molecular flexibility index (Phi) is 7.50. The van der Waals surface area contributed by atoms with Crippen LogP contribution in [0, 0.1) is 0 Å². The Hall–Kier alpha value is -4.71. The number of hydrogen-bond acceptors (Lipinski definition) is 5. The first-order valence-corrected chi connectivity index (χ1v) is 13.7. The number of carbonyl (C=O) groups excluding carboxylic acids is 3. The lowest BCUT2D eigenvalue weighted by atomic mass is 9.86. The van der Waals surface area contributed by atoms with Crippen molar-refractivity contribution in [3.63, 3.8) is 0 Å². The molecule has 0 saturated carbocycles. The molecule has 3 aromatic carbocycles. The Morgan fingerprint density at radius 1 is 0.829 bits per heavy atom. The number of allylic oxidation sites excluding steroid dienone is 2. The van der Waals surface area contributed by atoms with Crippen molar-refractivity contribution in [3.8, 4) is 0 Å². The summed E-state index contributed by atoms with van der Waals surface area (Å²) in [6, 6.07) is 24.5. The minimum Gasteiger partial charge on any atom is -0.444 e. The van der Waals surface area contributed by atoms with E-state index >= 15 is 0 Å². The Balaban J connectivity index is 1.69. The van der Waals surface area contributed by atoms with Gasteiger partial charge >= 0.3 is 6.09 Å². The highest BCUT2D eigenvalue weighted by molar-refractivity contribution is 6.21. The summed E-state index contributed by atoms with van der Waals surface area (Å²) in [5.41, 5.74) is 4.57. The summed E-state index contributed by atoms with van der Waals surface area (Å²) < 4.78 is 5.46. The first kappa shape index (κ1) is 27.8. The molecule has 5 rings (SSSR count). The second-order valence-corrected chi connectivity index (χ2v) is 11.4. The number of hydrogen-bond donors (Lipinski definition) is 1. The van der Waals surface area contributed by atoms with Crippen LogP contribution in [0.2, 0.25) is 0 Å². The molecule has 2 atom stereocenters. The molecule has 41 heavy (non-hydrogen) atoms. The SMILES string of the molecule is CC1=CN2C(C(C)=C1)C(C(=O)c1ccccc1)=C(c1ccccc1)C2C(=O)c1ccccc1NC(=O)OC(C)(C)C. The molecule has 0 radical (unpaired) electrons. The van der Waals surface area contributed by atoms with Gasteiger partial charge in [-0.05, 0) is 69.0 Å². The summed E-state index contributed by atoms with van der Waals surface area (Å²) in [5, 5.41) is 2.77. The average Bonchev–Trinajstić information content (AvgIpc) is 3.27. The molecule has 0 fully saturated rings. The van der Waals surface area contributed by atoms with Crippen LogP contribution >= 0.6 is 0 Å².